The van der Waals surface area contributed by atoms with E-state index in [-0.39, 0.29) is 29.3 Å². The lowest BCUT2D eigenvalue weighted by atomic mass is 10.1. The highest BCUT2D eigenvalue weighted by Crippen LogP contribution is 2.39. The molecular weight excluding hydrogens is 500 g/mol. The number of thioether (sulfide) groups is 1. The predicted molar refractivity (Wildman–Crippen MR) is 124 cm³/mol. The van der Waals surface area contributed by atoms with Crippen LogP contribution in [0.5, 0.6) is 11.5 Å². The Balaban J connectivity index is 1.89. The standard InChI is InChI=1S/C22H17BrN2O6S/c1-3-9-31-20-16(23)10-14(11-18(20)30-4-2)12-19-21(26)24(22(27)32-19)13-15-7-5-6-8-17(15)25(28)29/h1,5-8,10-12H,4,9,13H2,2H3/b19-12-. The summed E-state index contributed by atoms with van der Waals surface area (Å²) in [4.78, 5) is 37.2. The van der Waals surface area contributed by atoms with Crippen molar-refractivity contribution < 1.29 is 24.0 Å². The third-order valence-corrected chi connectivity index (χ3v) is 5.82. The number of para-hydroxylation sites is 1. The van der Waals surface area contributed by atoms with E-state index in [0.717, 1.165) is 16.7 Å². The molecule has 2 aromatic rings. The average Bonchev–Trinajstić information content (AvgIpc) is 3.01. The van der Waals surface area contributed by atoms with Crippen molar-refractivity contribution in [3.63, 3.8) is 0 Å². The molecule has 32 heavy (non-hydrogen) atoms. The minimum Gasteiger partial charge on any atom is -0.490 e. The van der Waals surface area contributed by atoms with E-state index in [1.165, 1.54) is 18.2 Å². The maximum absolute atomic E-state index is 12.9. The van der Waals surface area contributed by atoms with E-state index in [1.54, 1.807) is 24.3 Å². The highest BCUT2D eigenvalue weighted by molar-refractivity contribution is 9.10. The topological polar surface area (TPSA) is 99.0 Å². The normalized spacial score (nSPS) is 14.5. The molecule has 164 valence electrons. The molecule has 0 unspecified atom stereocenters. The number of benzene rings is 2. The number of ether oxygens (including phenoxy) is 2. The second kappa shape index (κ2) is 10.3. The number of amides is 2. The fourth-order valence-electron chi connectivity index (χ4n) is 2.97. The summed E-state index contributed by atoms with van der Waals surface area (Å²) in [6, 6.07) is 9.39. The van der Waals surface area contributed by atoms with E-state index in [0.29, 0.717) is 28.1 Å². The van der Waals surface area contributed by atoms with Gasteiger partial charge in [0.1, 0.15) is 6.61 Å². The number of terminal acetylenes is 1. The maximum Gasteiger partial charge on any atom is 0.293 e. The molecule has 0 spiro atoms. The van der Waals surface area contributed by atoms with Gasteiger partial charge in [-0.2, -0.15) is 0 Å². The van der Waals surface area contributed by atoms with Gasteiger partial charge in [0, 0.05) is 11.6 Å². The van der Waals surface area contributed by atoms with E-state index in [2.05, 4.69) is 21.9 Å². The Kier molecular flexibility index (Phi) is 7.56. The van der Waals surface area contributed by atoms with Gasteiger partial charge in [0.05, 0.1) is 27.5 Å². The Morgan fingerprint density at radius 2 is 2.03 bits per heavy atom. The van der Waals surface area contributed by atoms with Crippen LogP contribution >= 0.6 is 27.7 Å². The number of nitrogens with zero attached hydrogens (tertiary/aromatic N) is 2. The Hall–Kier alpha value is -3.29. The van der Waals surface area contributed by atoms with Crippen LogP contribution in [0.25, 0.3) is 6.08 Å². The number of imide groups is 1. The third kappa shape index (κ3) is 5.12. The molecule has 1 aliphatic heterocycles. The highest BCUT2D eigenvalue weighted by atomic mass is 79.9. The fourth-order valence-corrected chi connectivity index (χ4v) is 4.38. The Morgan fingerprint density at radius 3 is 2.72 bits per heavy atom. The van der Waals surface area contributed by atoms with Crippen LogP contribution in [-0.4, -0.2) is 34.2 Å². The smallest absolute Gasteiger partial charge is 0.293 e. The molecule has 0 bridgehead atoms. The fraction of sp³-hybridized carbons (Fsp3) is 0.182. The van der Waals surface area contributed by atoms with Gasteiger partial charge in [0.2, 0.25) is 0 Å². The molecule has 1 fully saturated rings. The molecule has 0 aliphatic carbocycles. The molecular formula is C22H17BrN2O6S. The first-order valence-corrected chi connectivity index (χ1v) is 11.0. The maximum atomic E-state index is 12.9. The van der Waals surface area contributed by atoms with Crippen molar-refractivity contribution in [1.29, 1.82) is 0 Å². The van der Waals surface area contributed by atoms with Crippen LogP contribution in [0.2, 0.25) is 0 Å². The van der Waals surface area contributed by atoms with Gasteiger partial charge in [-0.3, -0.25) is 24.6 Å². The number of hydrogen-bond acceptors (Lipinski definition) is 7. The first kappa shape index (κ1) is 23.4. The molecule has 0 N–H and O–H groups in total. The SMILES string of the molecule is C#CCOc1c(Br)cc(/C=C2\SC(=O)N(Cc3ccccc3[N+](=O)[O-])C2=O)cc1OCC. The highest BCUT2D eigenvalue weighted by Gasteiger charge is 2.36. The average molecular weight is 517 g/mol. The van der Waals surface area contributed by atoms with Crippen LogP contribution in [0.15, 0.2) is 45.8 Å². The van der Waals surface area contributed by atoms with Gasteiger partial charge >= 0.3 is 0 Å². The van der Waals surface area contributed by atoms with E-state index in [9.17, 15) is 19.7 Å². The van der Waals surface area contributed by atoms with Gasteiger partial charge in [-0.15, -0.1) is 6.42 Å². The van der Waals surface area contributed by atoms with E-state index < -0.39 is 16.1 Å². The zero-order chi connectivity index (χ0) is 23.3. The predicted octanol–water partition coefficient (Wildman–Crippen LogP) is 5.00. The van der Waals surface area contributed by atoms with Crippen LogP contribution in [0, 0.1) is 22.5 Å². The summed E-state index contributed by atoms with van der Waals surface area (Å²) in [7, 11) is 0. The molecule has 2 aromatic carbocycles. The van der Waals surface area contributed by atoms with E-state index >= 15 is 0 Å². The summed E-state index contributed by atoms with van der Waals surface area (Å²) in [6.07, 6.45) is 6.81. The summed E-state index contributed by atoms with van der Waals surface area (Å²) in [5.74, 6) is 2.73. The van der Waals surface area contributed by atoms with Crippen LogP contribution in [0.1, 0.15) is 18.1 Å². The zero-order valence-corrected chi connectivity index (χ0v) is 19.3. The molecule has 1 aliphatic rings. The summed E-state index contributed by atoms with van der Waals surface area (Å²) < 4.78 is 11.7. The number of nitro benzene ring substituents is 1. The third-order valence-electron chi connectivity index (χ3n) is 4.32. The second-order valence-corrected chi connectivity index (χ2v) is 8.26. The van der Waals surface area contributed by atoms with Gasteiger partial charge in [-0.1, -0.05) is 24.1 Å². The Labute approximate surface area is 196 Å². The molecule has 10 heteroatoms. The van der Waals surface area contributed by atoms with Gasteiger partial charge in [-0.25, -0.2) is 0 Å². The zero-order valence-electron chi connectivity index (χ0n) is 16.9. The van der Waals surface area contributed by atoms with Crippen molar-refractivity contribution in [2.24, 2.45) is 0 Å². The van der Waals surface area contributed by atoms with Gasteiger partial charge in [0.25, 0.3) is 16.8 Å². The van der Waals surface area contributed by atoms with Crippen molar-refractivity contribution in [2.75, 3.05) is 13.2 Å². The summed E-state index contributed by atoms with van der Waals surface area (Å²) in [5.41, 5.74) is 0.727. The largest absolute Gasteiger partial charge is 0.490 e. The van der Waals surface area contributed by atoms with Crippen LogP contribution in [0.4, 0.5) is 10.5 Å². The molecule has 2 amide bonds. The molecule has 0 atom stereocenters. The first-order chi connectivity index (χ1) is 15.3. The number of nitro groups is 1. The molecule has 1 heterocycles. The lowest BCUT2D eigenvalue weighted by Gasteiger charge is -2.13. The summed E-state index contributed by atoms with van der Waals surface area (Å²) in [6.45, 7) is 2.07. The van der Waals surface area contributed by atoms with Crippen molar-refractivity contribution in [3.8, 4) is 23.8 Å². The van der Waals surface area contributed by atoms with Crippen LogP contribution in [-0.2, 0) is 11.3 Å². The summed E-state index contributed by atoms with van der Waals surface area (Å²) in [5, 5.41) is 10.7. The quantitative estimate of drug-likeness (QED) is 0.210. The number of carbonyl (C=O) groups is 2. The monoisotopic (exact) mass is 516 g/mol. The van der Waals surface area contributed by atoms with E-state index in [4.69, 9.17) is 15.9 Å². The molecule has 0 saturated carbocycles. The van der Waals surface area contributed by atoms with Crippen molar-refractivity contribution >= 4 is 50.6 Å². The molecule has 0 radical (unpaired) electrons. The Morgan fingerprint density at radius 1 is 1.28 bits per heavy atom. The summed E-state index contributed by atoms with van der Waals surface area (Å²) >= 11 is 4.18. The number of hydrogen-bond donors (Lipinski definition) is 0. The molecule has 0 aromatic heterocycles. The van der Waals surface area contributed by atoms with Gasteiger partial charge in [-0.05, 0) is 58.4 Å². The second-order valence-electron chi connectivity index (χ2n) is 6.41. The minimum atomic E-state index is -0.541. The van der Waals surface area contributed by atoms with Gasteiger partial charge < -0.3 is 9.47 Å². The number of carbonyl (C=O) groups excluding carboxylic acids is 2. The van der Waals surface area contributed by atoms with Gasteiger partial charge in [0.15, 0.2) is 11.5 Å². The van der Waals surface area contributed by atoms with Crippen LogP contribution < -0.4 is 9.47 Å². The minimum absolute atomic E-state index is 0.0581. The van der Waals surface area contributed by atoms with Crippen molar-refractivity contribution in [2.45, 2.75) is 13.5 Å². The first-order valence-electron chi connectivity index (χ1n) is 9.36. The Bertz CT molecular complexity index is 1160. The molecule has 3 rings (SSSR count). The van der Waals surface area contributed by atoms with E-state index in [1.807, 2.05) is 6.92 Å². The lowest BCUT2D eigenvalue weighted by Crippen LogP contribution is -2.27. The molecule has 8 nitrogen and oxygen atoms in total. The van der Waals surface area contributed by atoms with Crippen LogP contribution in [0.3, 0.4) is 0 Å². The number of halogens is 1. The lowest BCUT2D eigenvalue weighted by molar-refractivity contribution is -0.385. The number of rotatable bonds is 8. The molecule has 1 saturated heterocycles. The van der Waals surface area contributed by atoms with Crippen molar-refractivity contribution in [3.05, 3.63) is 67.0 Å². The van der Waals surface area contributed by atoms with Crippen molar-refractivity contribution in [1.82, 2.24) is 4.90 Å².